The van der Waals surface area contributed by atoms with E-state index in [4.69, 9.17) is 5.73 Å². The van der Waals surface area contributed by atoms with Crippen LogP contribution in [0.5, 0.6) is 0 Å². The largest absolute Gasteiger partial charge is 0.404 e. The van der Waals surface area contributed by atoms with Gasteiger partial charge in [-0.15, -0.1) is 0 Å². The molecule has 8 heavy (non-hydrogen) atoms. The molecule has 0 rings (SSSR count). The summed E-state index contributed by atoms with van der Waals surface area (Å²) in [6, 6.07) is 0. The minimum Gasteiger partial charge on any atom is -0.404 e. The summed E-state index contributed by atoms with van der Waals surface area (Å²) in [6.07, 6.45) is 2.09. The lowest BCUT2D eigenvalue weighted by Gasteiger charge is -1.92. The van der Waals surface area contributed by atoms with E-state index >= 15 is 0 Å². The molecule has 0 aromatic carbocycles. The van der Waals surface area contributed by atoms with Gasteiger partial charge in [0.2, 0.25) is 0 Å². The van der Waals surface area contributed by atoms with Crippen molar-refractivity contribution < 1.29 is 4.79 Å². The highest BCUT2D eigenvalue weighted by atomic mass is 16.1. The molecule has 2 N–H and O–H groups in total. The third-order valence-corrected chi connectivity index (χ3v) is 1.03. The Morgan fingerprint density at radius 1 is 1.75 bits per heavy atom. The van der Waals surface area contributed by atoms with E-state index in [0.29, 0.717) is 5.57 Å². The van der Waals surface area contributed by atoms with Crippen LogP contribution in [0.25, 0.3) is 0 Å². The molecule has 0 fully saturated rings. The quantitative estimate of drug-likeness (QED) is 0.539. The number of hydrogen-bond acceptors (Lipinski definition) is 2. The predicted molar refractivity (Wildman–Crippen MR) is 33.2 cm³/mol. The molecule has 0 amide bonds. The fourth-order valence-corrected chi connectivity index (χ4v) is 0.484. The Hall–Kier alpha value is -0.790. The van der Waals surface area contributed by atoms with Crippen LogP contribution in [-0.2, 0) is 4.79 Å². The van der Waals surface area contributed by atoms with Crippen LogP contribution in [0.4, 0.5) is 0 Å². The fraction of sp³-hybridized carbons (Fsp3) is 0.500. The number of hydrogen-bond donors (Lipinski definition) is 1. The zero-order chi connectivity index (χ0) is 6.57. The van der Waals surface area contributed by atoms with E-state index < -0.39 is 0 Å². The second kappa shape index (κ2) is 3.24. The number of allylic oxidation sites excluding steroid dienone is 1. The van der Waals surface area contributed by atoms with Gasteiger partial charge < -0.3 is 5.73 Å². The van der Waals surface area contributed by atoms with Gasteiger partial charge in [-0.2, -0.15) is 0 Å². The maximum atomic E-state index is 10.5. The van der Waals surface area contributed by atoms with Crippen LogP contribution in [0.3, 0.4) is 0 Å². The third kappa shape index (κ3) is 1.78. The van der Waals surface area contributed by atoms with Crippen molar-refractivity contribution in [3.05, 3.63) is 11.8 Å². The minimum absolute atomic E-state index is 0.0648. The van der Waals surface area contributed by atoms with Crippen molar-refractivity contribution in [2.45, 2.75) is 20.3 Å². The Balaban J connectivity index is 3.92. The molecule has 0 aromatic heterocycles. The molecule has 0 aromatic rings. The number of carbonyl (C=O) groups excluding carboxylic acids is 1. The van der Waals surface area contributed by atoms with Crippen molar-refractivity contribution in [1.29, 1.82) is 0 Å². The number of ketones is 1. The first-order chi connectivity index (χ1) is 3.72. The van der Waals surface area contributed by atoms with Crippen LogP contribution in [0.15, 0.2) is 11.8 Å². The van der Waals surface area contributed by atoms with Gasteiger partial charge in [-0.1, -0.05) is 6.92 Å². The summed E-state index contributed by atoms with van der Waals surface area (Å²) < 4.78 is 0. The van der Waals surface area contributed by atoms with E-state index in [9.17, 15) is 4.79 Å². The molecule has 2 nitrogen and oxygen atoms in total. The summed E-state index contributed by atoms with van der Waals surface area (Å²) in [4.78, 5) is 10.5. The number of carbonyl (C=O) groups is 1. The molecule has 2 heteroatoms. The van der Waals surface area contributed by atoms with Gasteiger partial charge in [0.1, 0.15) is 0 Å². The van der Waals surface area contributed by atoms with Crippen molar-refractivity contribution in [3.63, 3.8) is 0 Å². The molecular weight excluding hydrogens is 102 g/mol. The number of Topliss-reactive ketones (excluding diaryl/α,β-unsaturated/α-hetero) is 1. The predicted octanol–water partition coefficient (Wildman–Crippen LogP) is 0.828. The molecule has 0 spiro atoms. The van der Waals surface area contributed by atoms with Gasteiger partial charge in [-0.25, -0.2) is 0 Å². The van der Waals surface area contributed by atoms with Gasteiger partial charge >= 0.3 is 0 Å². The number of nitrogens with two attached hydrogens (primary N) is 1. The van der Waals surface area contributed by atoms with Crippen LogP contribution in [0.1, 0.15) is 20.3 Å². The summed E-state index contributed by atoms with van der Waals surface area (Å²) in [7, 11) is 0. The Morgan fingerprint density at radius 3 is 2.25 bits per heavy atom. The zero-order valence-electron chi connectivity index (χ0n) is 5.27. The Kier molecular flexibility index (Phi) is 2.92. The highest BCUT2D eigenvalue weighted by molar-refractivity contribution is 5.92. The van der Waals surface area contributed by atoms with Crippen LogP contribution >= 0.6 is 0 Å². The maximum Gasteiger partial charge on any atom is 0.157 e. The van der Waals surface area contributed by atoms with E-state index in [2.05, 4.69) is 0 Å². The Bertz CT molecular complexity index is 116. The molecule has 0 aliphatic carbocycles. The topological polar surface area (TPSA) is 43.1 Å². The summed E-state index contributed by atoms with van der Waals surface area (Å²) in [5.74, 6) is 0.0648. The van der Waals surface area contributed by atoms with Gasteiger partial charge in [-0.05, 0) is 13.3 Å². The molecule has 0 saturated carbocycles. The summed E-state index contributed by atoms with van der Waals surface area (Å²) >= 11 is 0. The van der Waals surface area contributed by atoms with Gasteiger partial charge in [0.05, 0.1) is 0 Å². The normalized spacial score (nSPS) is 11.5. The molecule has 0 saturated heterocycles. The van der Waals surface area contributed by atoms with Crippen molar-refractivity contribution >= 4 is 5.78 Å². The first kappa shape index (κ1) is 7.21. The molecular formula is C6H11NO. The van der Waals surface area contributed by atoms with Crippen molar-refractivity contribution in [2.75, 3.05) is 0 Å². The fourth-order valence-electron chi connectivity index (χ4n) is 0.484. The summed E-state index contributed by atoms with van der Waals surface area (Å²) in [5, 5.41) is 0. The van der Waals surface area contributed by atoms with E-state index in [0.717, 1.165) is 6.42 Å². The molecule has 0 unspecified atom stereocenters. The SMILES string of the molecule is CC/C(=C\N)C(C)=O. The lowest BCUT2D eigenvalue weighted by molar-refractivity contribution is -0.113. The summed E-state index contributed by atoms with van der Waals surface area (Å²) in [6.45, 7) is 3.42. The van der Waals surface area contributed by atoms with E-state index in [-0.39, 0.29) is 5.78 Å². The molecule has 0 radical (unpaired) electrons. The van der Waals surface area contributed by atoms with Crippen molar-refractivity contribution in [1.82, 2.24) is 0 Å². The first-order valence-corrected chi connectivity index (χ1v) is 2.64. The van der Waals surface area contributed by atoms with E-state index in [1.807, 2.05) is 6.92 Å². The second-order valence-corrected chi connectivity index (χ2v) is 1.60. The molecule has 0 heterocycles. The minimum atomic E-state index is 0.0648. The monoisotopic (exact) mass is 113 g/mol. The Labute approximate surface area is 49.4 Å². The smallest absolute Gasteiger partial charge is 0.157 e. The Morgan fingerprint density at radius 2 is 2.25 bits per heavy atom. The van der Waals surface area contributed by atoms with Gasteiger partial charge in [0.25, 0.3) is 0 Å². The van der Waals surface area contributed by atoms with Crippen LogP contribution < -0.4 is 5.73 Å². The standard InChI is InChI=1S/C6H11NO/c1-3-6(4-7)5(2)8/h4H,3,7H2,1-2H3/b6-4+. The van der Waals surface area contributed by atoms with Gasteiger partial charge in [0, 0.05) is 11.8 Å². The van der Waals surface area contributed by atoms with E-state index in [1.54, 1.807) is 0 Å². The van der Waals surface area contributed by atoms with Crippen LogP contribution in [-0.4, -0.2) is 5.78 Å². The van der Waals surface area contributed by atoms with Gasteiger partial charge in [-0.3, -0.25) is 4.79 Å². The van der Waals surface area contributed by atoms with E-state index in [1.165, 1.54) is 13.1 Å². The molecule has 0 aliphatic heterocycles. The van der Waals surface area contributed by atoms with Crippen molar-refractivity contribution in [2.24, 2.45) is 5.73 Å². The second-order valence-electron chi connectivity index (χ2n) is 1.60. The van der Waals surface area contributed by atoms with Gasteiger partial charge in [0.15, 0.2) is 5.78 Å². The lowest BCUT2D eigenvalue weighted by Crippen LogP contribution is -1.97. The maximum absolute atomic E-state index is 10.5. The zero-order valence-corrected chi connectivity index (χ0v) is 5.27. The summed E-state index contributed by atoms with van der Waals surface area (Å²) in [5.41, 5.74) is 5.80. The number of rotatable bonds is 2. The van der Waals surface area contributed by atoms with Crippen LogP contribution in [0.2, 0.25) is 0 Å². The highest BCUT2D eigenvalue weighted by Crippen LogP contribution is 1.97. The highest BCUT2D eigenvalue weighted by Gasteiger charge is 1.96. The molecule has 46 valence electrons. The molecule has 0 atom stereocenters. The van der Waals surface area contributed by atoms with Crippen molar-refractivity contribution in [3.8, 4) is 0 Å². The third-order valence-electron chi connectivity index (χ3n) is 1.03. The average Bonchev–Trinajstić information content (AvgIpc) is 1.69. The lowest BCUT2D eigenvalue weighted by atomic mass is 10.1. The first-order valence-electron chi connectivity index (χ1n) is 2.64. The average molecular weight is 113 g/mol. The molecule has 0 aliphatic rings. The van der Waals surface area contributed by atoms with Crippen LogP contribution in [0, 0.1) is 0 Å². The molecule has 0 bridgehead atoms.